The highest BCUT2D eigenvalue weighted by atomic mass is 35.5. The smallest absolute Gasteiger partial charge is 0.154 e. The van der Waals surface area contributed by atoms with Gasteiger partial charge in [0.25, 0.3) is 0 Å². The number of nitrogens with zero attached hydrogens (tertiary/aromatic N) is 1. The fraction of sp³-hybridized carbons (Fsp3) is 0.462. The number of fused-ring (bicyclic) bond motifs is 1. The van der Waals surface area contributed by atoms with Crippen LogP contribution >= 0.6 is 11.6 Å². The van der Waals surface area contributed by atoms with Crippen molar-refractivity contribution in [3.05, 3.63) is 28.4 Å². The normalized spacial score (nSPS) is 12.2. The number of sulfone groups is 1. The number of aromatic amines is 1. The third kappa shape index (κ3) is 3.49. The van der Waals surface area contributed by atoms with Crippen molar-refractivity contribution in [3.8, 4) is 0 Å². The monoisotopic (exact) mass is 318 g/mol. The summed E-state index contributed by atoms with van der Waals surface area (Å²) in [5.41, 5.74) is 2.28. The molecule has 4 nitrogen and oxygen atoms in total. The molecule has 0 fully saturated rings. The van der Waals surface area contributed by atoms with Crippen molar-refractivity contribution in [1.82, 2.24) is 10.2 Å². The first kappa shape index (κ1) is 15.3. The molecule has 0 amide bonds. The Morgan fingerprint density at radius 1 is 1.35 bits per heavy atom. The third-order valence-electron chi connectivity index (χ3n) is 3.18. The number of aryl methyl sites for hydroxylation is 1. The van der Waals surface area contributed by atoms with E-state index in [-0.39, 0.29) is 17.9 Å². The Labute approximate surface area is 122 Å². The first-order valence-electron chi connectivity index (χ1n) is 6.32. The first-order chi connectivity index (χ1) is 9.43. The number of hydrogen-bond acceptors (Lipinski definition) is 3. The fourth-order valence-corrected chi connectivity index (χ4v) is 3.82. The van der Waals surface area contributed by atoms with Crippen LogP contribution in [0.5, 0.6) is 0 Å². The molecule has 0 atom stereocenters. The quantitative estimate of drug-likeness (QED) is 0.832. The molecule has 0 radical (unpaired) electrons. The SMILES string of the molecule is Cc1cc2n[nH]c(Cl)c2cc1CS(=O)(=O)CCCCF. The molecule has 1 N–H and O–H groups in total. The second-order valence-electron chi connectivity index (χ2n) is 4.82. The van der Waals surface area contributed by atoms with Crippen LogP contribution in [0, 0.1) is 6.92 Å². The average molecular weight is 319 g/mol. The topological polar surface area (TPSA) is 62.8 Å². The van der Waals surface area contributed by atoms with Gasteiger partial charge in [0.2, 0.25) is 0 Å². The second-order valence-corrected chi connectivity index (χ2v) is 7.38. The van der Waals surface area contributed by atoms with E-state index in [1.807, 2.05) is 13.0 Å². The summed E-state index contributed by atoms with van der Waals surface area (Å²) in [5.74, 6) is -0.0456. The Bertz CT molecular complexity index is 712. The number of nitrogens with one attached hydrogen (secondary N) is 1. The minimum absolute atomic E-state index is 0.00746. The average Bonchev–Trinajstić information content (AvgIpc) is 2.71. The lowest BCUT2D eigenvalue weighted by atomic mass is 10.1. The highest BCUT2D eigenvalue weighted by Crippen LogP contribution is 2.25. The van der Waals surface area contributed by atoms with E-state index in [1.165, 1.54) is 0 Å². The number of benzene rings is 1. The van der Waals surface area contributed by atoms with Crippen LogP contribution < -0.4 is 0 Å². The number of alkyl halides is 1. The molecule has 1 heterocycles. The van der Waals surface area contributed by atoms with Gasteiger partial charge in [0.15, 0.2) is 9.84 Å². The lowest BCUT2D eigenvalue weighted by Crippen LogP contribution is -2.10. The van der Waals surface area contributed by atoms with E-state index < -0.39 is 16.5 Å². The molecule has 0 bridgehead atoms. The molecule has 0 saturated heterocycles. The Balaban J connectivity index is 2.24. The van der Waals surface area contributed by atoms with Gasteiger partial charge in [-0.3, -0.25) is 9.49 Å². The minimum Gasteiger partial charge on any atom is -0.266 e. The van der Waals surface area contributed by atoms with Crippen LogP contribution in [0.1, 0.15) is 24.0 Å². The summed E-state index contributed by atoms with van der Waals surface area (Å²) < 4.78 is 36.0. The Morgan fingerprint density at radius 3 is 2.80 bits per heavy atom. The summed E-state index contributed by atoms with van der Waals surface area (Å²) >= 11 is 5.96. The summed E-state index contributed by atoms with van der Waals surface area (Å²) in [6.45, 7) is 1.36. The predicted molar refractivity (Wildman–Crippen MR) is 78.5 cm³/mol. The molecule has 20 heavy (non-hydrogen) atoms. The standard InChI is InChI=1S/C13H16ClFN2O2S/c1-9-6-12-11(13(14)17-16-12)7-10(9)8-20(18,19)5-3-2-4-15/h6-7H,2-5,8H2,1H3,(H,16,17). The minimum atomic E-state index is -3.23. The van der Waals surface area contributed by atoms with Crippen LogP contribution in [0.25, 0.3) is 10.9 Å². The maximum Gasteiger partial charge on any atom is 0.154 e. The molecule has 1 aromatic heterocycles. The van der Waals surface area contributed by atoms with Crippen LogP contribution in [0.3, 0.4) is 0 Å². The lowest BCUT2D eigenvalue weighted by Gasteiger charge is -2.07. The molecule has 0 spiro atoms. The molecule has 0 aliphatic heterocycles. The predicted octanol–water partition coefficient (Wildman–Crippen LogP) is 3.19. The molecule has 0 aliphatic carbocycles. The molecule has 2 aromatic rings. The van der Waals surface area contributed by atoms with Gasteiger partial charge >= 0.3 is 0 Å². The molecule has 0 unspecified atom stereocenters. The molecule has 0 aliphatic rings. The zero-order chi connectivity index (χ0) is 14.8. The van der Waals surface area contributed by atoms with E-state index in [0.717, 1.165) is 5.56 Å². The van der Waals surface area contributed by atoms with Crippen LogP contribution in [-0.2, 0) is 15.6 Å². The summed E-state index contributed by atoms with van der Waals surface area (Å²) in [6, 6.07) is 3.56. The molecular formula is C13H16ClFN2O2S. The van der Waals surface area contributed by atoms with E-state index >= 15 is 0 Å². The maximum absolute atomic E-state index is 12.0. The maximum atomic E-state index is 12.0. The van der Waals surface area contributed by atoms with Crippen molar-refractivity contribution in [3.63, 3.8) is 0 Å². The number of aromatic nitrogens is 2. The number of rotatable bonds is 6. The molecular weight excluding hydrogens is 303 g/mol. The molecule has 2 rings (SSSR count). The highest BCUT2D eigenvalue weighted by molar-refractivity contribution is 7.90. The van der Waals surface area contributed by atoms with Crippen LogP contribution in [0.15, 0.2) is 12.1 Å². The fourth-order valence-electron chi connectivity index (χ4n) is 2.06. The van der Waals surface area contributed by atoms with Crippen molar-refractivity contribution in [2.45, 2.75) is 25.5 Å². The van der Waals surface area contributed by atoms with Crippen molar-refractivity contribution in [1.29, 1.82) is 0 Å². The van der Waals surface area contributed by atoms with Crippen LogP contribution in [-0.4, -0.2) is 31.0 Å². The van der Waals surface area contributed by atoms with Gasteiger partial charge in [-0.25, -0.2) is 8.42 Å². The number of hydrogen-bond donors (Lipinski definition) is 1. The van der Waals surface area contributed by atoms with Gasteiger partial charge in [0.05, 0.1) is 23.7 Å². The van der Waals surface area contributed by atoms with Gasteiger partial charge in [-0.05, 0) is 43.0 Å². The van der Waals surface area contributed by atoms with Crippen LogP contribution in [0.2, 0.25) is 5.15 Å². The van der Waals surface area contributed by atoms with E-state index in [0.29, 0.717) is 28.0 Å². The van der Waals surface area contributed by atoms with Crippen molar-refractivity contribution in [2.24, 2.45) is 0 Å². The zero-order valence-electron chi connectivity index (χ0n) is 11.1. The molecule has 1 aromatic carbocycles. The van der Waals surface area contributed by atoms with E-state index in [4.69, 9.17) is 11.6 Å². The van der Waals surface area contributed by atoms with E-state index in [2.05, 4.69) is 10.2 Å². The van der Waals surface area contributed by atoms with Crippen molar-refractivity contribution >= 4 is 32.3 Å². The van der Waals surface area contributed by atoms with Crippen molar-refractivity contribution < 1.29 is 12.8 Å². The van der Waals surface area contributed by atoms with Gasteiger partial charge in [-0.1, -0.05) is 11.6 Å². The Kier molecular flexibility index (Phi) is 4.65. The van der Waals surface area contributed by atoms with Gasteiger partial charge in [0.1, 0.15) is 5.15 Å². The third-order valence-corrected chi connectivity index (χ3v) is 5.13. The van der Waals surface area contributed by atoms with E-state index in [1.54, 1.807) is 6.07 Å². The van der Waals surface area contributed by atoms with Gasteiger partial charge in [0, 0.05) is 5.39 Å². The molecule has 7 heteroatoms. The number of H-pyrrole nitrogens is 1. The lowest BCUT2D eigenvalue weighted by molar-refractivity contribution is 0.468. The summed E-state index contributed by atoms with van der Waals surface area (Å²) in [7, 11) is -3.23. The first-order valence-corrected chi connectivity index (χ1v) is 8.52. The van der Waals surface area contributed by atoms with Crippen molar-refractivity contribution in [2.75, 3.05) is 12.4 Å². The van der Waals surface area contributed by atoms with Gasteiger partial charge < -0.3 is 0 Å². The number of unbranched alkanes of at least 4 members (excludes halogenated alkanes) is 1. The highest BCUT2D eigenvalue weighted by Gasteiger charge is 2.15. The summed E-state index contributed by atoms with van der Waals surface area (Å²) in [6.07, 6.45) is 0.636. The Morgan fingerprint density at radius 2 is 2.10 bits per heavy atom. The van der Waals surface area contributed by atoms with E-state index in [9.17, 15) is 12.8 Å². The van der Waals surface area contributed by atoms with Gasteiger partial charge in [-0.2, -0.15) is 5.10 Å². The van der Waals surface area contributed by atoms with Crippen LogP contribution in [0.4, 0.5) is 4.39 Å². The zero-order valence-corrected chi connectivity index (χ0v) is 12.7. The summed E-state index contributed by atoms with van der Waals surface area (Å²) in [4.78, 5) is 0. The second kappa shape index (κ2) is 6.10. The summed E-state index contributed by atoms with van der Waals surface area (Å²) in [5, 5.41) is 7.80. The molecule has 0 saturated carbocycles. The van der Waals surface area contributed by atoms with Gasteiger partial charge in [-0.15, -0.1) is 0 Å². The Hall–Kier alpha value is -1.14. The number of halogens is 2. The molecule has 110 valence electrons. The largest absolute Gasteiger partial charge is 0.266 e.